The molecule has 1 aromatic rings. The number of carbonyl (C=O) groups is 2. The van der Waals surface area contributed by atoms with Gasteiger partial charge in [-0.1, -0.05) is 43.2 Å². The molecule has 1 atom stereocenters. The normalized spacial score (nSPS) is 15.4. The molecule has 6 heteroatoms. The number of likely N-dealkylation sites (N-methyl/N-ethyl adjacent to an activating group) is 1. The van der Waals surface area contributed by atoms with Gasteiger partial charge in [0.05, 0.1) is 0 Å². The molecule has 2 rings (SSSR count). The zero-order valence-electron chi connectivity index (χ0n) is 12.6. The first-order valence-corrected chi connectivity index (χ1v) is 7.34. The Hall–Kier alpha value is -1.92. The van der Waals surface area contributed by atoms with Crippen molar-refractivity contribution in [2.24, 2.45) is 5.92 Å². The molecule has 1 saturated carbocycles. The third kappa shape index (κ3) is 5.46. The summed E-state index contributed by atoms with van der Waals surface area (Å²) < 4.78 is 9.95. The molecule has 0 amide bonds. The third-order valence-corrected chi connectivity index (χ3v) is 3.55. The van der Waals surface area contributed by atoms with E-state index in [-0.39, 0.29) is 6.61 Å². The second kappa shape index (κ2) is 7.91. The van der Waals surface area contributed by atoms with Crippen LogP contribution in [0.4, 0.5) is 0 Å². The fraction of sp³-hybridized carbons (Fsp3) is 0.500. The molecule has 1 aromatic carbocycles. The standard InChI is InChI=1S/C16H21NO5/c1-17(20)14(9-12-7-8-12)16(19)22-11-15(18)21-10-13-5-3-2-4-6-13/h2-6,12,14,20H,7-11H2,1H3/t14-/m0/s1. The van der Waals surface area contributed by atoms with Crippen LogP contribution in [0.1, 0.15) is 24.8 Å². The van der Waals surface area contributed by atoms with Gasteiger partial charge in [-0.25, -0.2) is 4.79 Å². The Bertz CT molecular complexity index is 499. The summed E-state index contributed by atoms with van der Waals surface area (Å²) in [5.41, 5.74) is 0.865. The largest absolute Gasteiger partial charge is 0.458 e. The quantitative estimate of drug-likeness (QED) is 0.582. The number of esters is 2. The van der Waals surface area contributed by atoms with Crippen molar-refractivity contribution in [2.75, 3.05) is 13.7 Å². The highest BCUT2D eigenvalue weighted by Crippen LogP contribution is 2.34. The van der Waals surface area contributed by atoms with Crippen molar-refractivity contribution in [3.05, 3.63) is 35.9 Å². The molecule has 1 aliphatic carbocycles. The first-order chi connectivity index (χ1) is 10.6. The maximum atomic E-state index is 11.9. The van der Waals surface area contributed by atoms with E-state index in [2.05, 4.69) is 0 Å². The molecule has 6 nitrogen and oxygen atoms in total. The Morgan fingerprint density at radius 1 is 1.27 bits per heavy atom. The molecule has 0 aliphatic heterocycles. The summed E-state index contributed by atoms with van der Waals surface area (Å²) in [6.45, 7) is -0.302. The van der Waals surface area contributed by atoms with Gasteiger partial charge in [0.2, 0.25) is 0 Å². The van der Waals surface area contributed by atoms with Crippen LogP contribution in [0, 0.1) is 5.92 Å². The van der Waals surface area contributed by atoms with Crippen LogP contribution in [-0.2, 0) is 25.7 Å². The van der Waals surface area contributed by atoms with E-state index in [0.717, 1.165) is 23.5 Å². The predicted octanol–water partition coefficient (Wildman–Crippen LogP) is 1.76. The number of hydrogen-bond donors (Lipinski definition) is 1. The molecule has 0 spiro atoms. The Balaban J connectivity index is 1.71. The van der Waals surface area contributed by atoms with E-state index in [9.17, 15) is 14.8 Å². The Morgan fingerprint density at radius 3 is 2.55 bits per heavy atom. The molecule has 120 valence electrons. The van der Waals surface area contributed by atoms with Crippen molar-refractivity contribution in [1.82, 2.24) is 5.06 Å². The molecule has 1 fully saturated rings. The lowest BCUT2D eigenvalue weighted by atomic mass is 10.1. The molecular formula is C16H21NO5. The first kappa shape index (κ1) is 16.5. The summed E-state index contributed by atoms with van der Waals surface area (Å²) in [5.74, 6) is -0.756. The van der Waals surface area contributed by atoms with Crippen LogP contribution in [-0.4, -0.2) is 41.9 Å². The minimum Gasteiger partial charge on any atom is -0.458 e. The van der Waals surface area contributed by atoms with Gasteiger partial charge in [0.1, 0.15) is 12.6 Å². The van der Waals surface area contributed by atoms with Gasteiger partial charge in [-0.3, -0.25) is 4.79 Å². The summed E-state index contributed by atoms with van der Waals surface area (Å²) in [5, 5.41) is 10.3. The molecule has 22 heavy (non-hydrogen) atoms. The second-order valence-corrected chi connectivity index (χ2v) is 5.52. The fourth-order valence-corrected chi connectivity index (χ4v) is 2.08. The van der Waals surface area contributed by atoms with Gasteiger partial charge in [0, 0.05) is 7.05 Å². The monoisotopic (exact) mass is 307 g/mol. The lowest BCUT2D eigenvalue weighted by molar-refractivity contribution is -0.175. The summed E-state index contributed by atoms with van der Waals surface area (Å²) in [7, 11) is 1.40. The van der Waals surface area contributed by atoms with Crippen molar-refractivity contribution < 1.29 is 24.3 Å². The van der Waals surface area contributed by atoms with E-state index in [1.165, 1.54) is 7.05 Å². The molecular weight excluding hydrogens is 286 g/mol. The number of carbonyl (C=O) groups excluding carboxylic acids is 2. The lowest BCUT2D eigenvalue weighted by Crippen LogP contribution is -2.38. The fourth-order valence-electron chi connectivity index (χ4n) is 2.08. The van der Waals surface area contributed by atoms with E-state index in [0.29, 0.717) is 12.3 Å². The average molecular weight is 307 g/mol. The van der Waals surface area contributed by atoms with E-state index in [1.807, 2.05) is 30.3 Å². The Kier molecular flexibility index (Phi) is 5.91. The number of rotatable bonds is 8. The summed E-state index contributed by atoms with van der Waals surface area (Å²) in [6, 6.07) is 8.52. The van der Waals surface area contributed by atoms with Crippen LogP contribution in [0.15, 0.2) is 30.3 Å². The van der Waals surface area contributed by atoms with Crippen LogP contribution in [0.2, 0.25) is 0 Å². The zero-order chi connectivity index (χ0) is 15.9. The third-order valence-electron chi connectivity index (χ3n) is 3.55. The smallest absolute Gasteiger partial charge is 0.344 e. The van der Waals surface area contributed by atoms with Crippen molar-refractivity contribution in [3.63, 3.8) is 0 Å². The highest BCUT2D eigenvalue weighted by Gasteiger charge is 2.32. The molecule has 0 bridgehead atoms. The van der Waals surface area contributed by atoms with E-state index < -0.39 is 24.6 Å². The molecule has 0 saturated heterocycles. The summed E-state index contributed by atoms with van der Waals surface area (Å²) in [6.07, 6.45) is 2.68. The molecule has 1 aliphatic rings. The van der Waals surface area contributed by atoms with Gasteiger partial charge in [-0.2, -0.15) is 5.06 Å². The number of hydroxylamine groups is 2. The van der Waals surface area contributed by atoms with Gasteiger partial charge in [0.25, 0.3) is 0 Å². The molecule has 0 radical (unpaired) electrons. The van der Waals surface area contributed by atoms with Crippen molar-refractivity contribution in [3.8, 4) is 0 Å². The van der Waals surface area contributed by atoms with Crippen molar-refractivity contribution >= 4 is 11.9 Å². The van der Waals surface area contributed by atoms with Crippen molar-refractivity contribution in [1.29, 1.82) is 0 Å². The second-order valence-electron chi connectivity index (χ2n) is 5.52. The van der Waals surface area contributed by atoms with Crippen LogP contribution in [0.3, 0.4) is 0 Å². The van der Waals surface area contributed by atoms with Gasteiger partial charge in [-0.05, 0) is 17.9 Å². The van der Waals surface area contributed by atoms with E-state index in [4.69, 9.17) is 9.47 Å². The Morgan fingerprint density at radius 2 is 1.95 bits per heavy atom. The molecule has 0 aromatic heterocycles. The lowest BCUT2D eigenvalue weighted by Gasteiger charge is -2.20. The maximum Gasteiger partial charge on any atom is 0.344 e. The van der Waals surface area contributed by atoms with Gasteiger partial charge in [-0.15, -0.1) is 0 Å². The molecule has 1 N–H and O–H groups in total. The molecule has 0 unspecified atom stereocenters. The Labute approximate surface area is 129 Å². The topological polar surface area (TPSA) is 76.1 Å². The zero-order valence-corrected chi connectivity index (χ0v) is 12.6. The van der Waals surface area contributed by atoms with E-state index in [1.54, 1.807) is 0 Å². The minimum absolute atomic E-state index is 0.141. The van der Waals surface area contributed by atoms with E-state index >= 15 is 0 Å². The SMILES string of the molecule is CN(O)[C@@H](CC1CC1)C(=O)OCC(=O)OCc1ccccc1. The van der Waals surface area contributed by atoms with Crippen molar-refractivity contribution in [2.45, 2.75) is 31.9 Å². The van der Waals surface area contributed by atoms with Gasteiger partial charge >= 0.3 is 11.9 Å². The summed E-state index contributed by atoms with van der Waals surface area (Å²) in [4.78, 5) is 23.5. The number of hydrogen-bond acceptors (Lipinski definition) is 6. The highest BCUT2D eigenvalue weighted by molar-refractivity contribution is 5.79. The van der Waals surface area contributed by atoms with Gasteiger partial charge in [0.15, 0.2) is 6.61 Å². The number of benzene rings is 1. The van der Waals surface area contributed by atoms with Gasteiger partial charge < -0.3 is 14.7 Å². The average Bonchev–Trinajstić information content (AvgIpc) is 3.33. The summed E-state index contributed by atoms with van der Waals surface area (Å²) >= 11 is 0. The minimum atomic E-state index is -0.727. The van der Waals surface area contributed by atoms with Crippen LogP contribution >= 0.6 is 0 Å². The number of ether oxygens (including phenoxy) is 2. The maximum absolute atomic E-state index is 11.9. The molecule has 0 heterocycles. The van der Waals surface area contributed by atoms with Crippen LogP contribution in [0.25, 0.3) is 0 Å². The van der Waals surface area contributed by atoms with Crippen LogP contribution in [0.5, 0.6) is 0 Å². The first-order valence-electron chi connectivity index (χ1n) is 7.34. The van der Waals surface area contributed by atoms with Crippen LogP contribution < -0.4 is 0 Å². The number of nitrogens with zero attached hydrogens (tertiary/aromatic N) is 1. The highest BCUT2D eigenvalue weighted by atomic mass is 16.6. The predicted molar refractivity (Wildman–Crippen MR) is 77.9 cm³/mol.